The Kier molecular flexibility index (Phi) is 4.33. The third-order valence-electron chi connectivity index (χ3n) is 3.42. The molecule has 0 bridgehead atoms. The van der Waals surface area contributed by atoms with Gasteiger partial charge in [-0.25, -0.2) is 0 Å². The maximum absolute atomic E-state index is 12.5. The van der Waals surface area contributed by atoms with Gasteiger partial charge in [-0.15, -0.1) is 10.2 Å². The minimum absolute atomic E-state index is 0.0926. The van der Waals surface area contributed by atoms with E-state index < -0.39 is 0 Å². The summed E-state index contributed by atoms with van der Waals surface area (Å²) >= 11 is 1.24. The lowest BCUT2D eigenvalue weighted by Crippen LogP contribution is -2.22. The largest absolute Gasteiger partial charge is 0.465 e. The van der Waals surface area contributed by atoms with Crippen molar-refractivity contribution in [1.82, 2.24) is 19.2 Å². The van der Waals surface area contributed by atoms with Gasteiger partial charge in [0.25, 0.3) is 5.56 Å². The van der Waals surface area contributed by atoms with Crippen LogP contribution in [0.3, 0.4) is 0 Å². The molecule has 0 aliphatic heterocycles. The van der Waals surface area contributed by atoms with Gasteiger partial charge in [-0.2, -0.15) is 0 Å². The number of nitrogens with zero attached hydrogens (tertiary/aromatic N) is 4. The first kappa shape index (κ1) is 15.5. The van der Waals surface area contributed by atoms with Crippen LogP contribution in [-0.2, 0) is 16.1 Å². The Morgan fingerprint density at radius 2 is 2.04 bits per heavy atom. The second kappa shape index (κ2) is 6.41. The van der Waals surface area contributed by atoms with E-state index in [0.717, 1.165) is 5.52 Å². The summed E-state index contributed by atoms with van der Waals surface area (Å²) in [6.07, 6.45) is 0. The average molecular weight is 332 g/mol. The number of rotatable bonds is 5. The summed E-state index contributed by atoms with van der Waals surface area (Å²) in [5.74, 6) is 0.318. The lowest BCUT2D eigenvalue weighted by atomic mass is 10.2. The van der Waals surface area contributed by atoms with E-state index in [0.29, 0.717) is 29.5 Å². The molecule has 0 saturated heterocycles. The zero-order valence-electron chi connectivity index (χ0n) is 12.9. The van der Waals surface area contributed by atoms with Gasteiger partial charge in [0.05, 0.1) is 23.3 Å². The molecule has 0 fully saturated rings. The maximum Gasteiger partial charge on any atom is 0.316 e. The van der Waals surface area contributed by atoms with Crippen LogP contribution < -0.4 is 5.56 Å². The molecular weight excluding hydrogens is 316 g/mol. The molecule has 0 unspecified atom stereocenters. The van der Waals surface area contributed by atoms with Crippen molar-refractivity contribution in [3.05, 3.63) is 34.6 Å². The highest BCUT2D eigenvalue weighted by molar-refractivity contribution is 7.99. The molecule has 8 heteroatoms. The Hall–Kier alpha value is -2.35. The fourth-order valence-electron chi connectivity index (χ4n) is 2.44. The van der Waals surface area contributed by atoms with Gasteiger partial charge in [-0.1, -0.05) is 23.9 Å². The van der Waals surface area contributed by atoms with E-state index in [2.05, 4.69) is 10.2 Å². The highest BCUT2D eigenvalue weighted by Crippen LogP contribution is 2.21. The number of para-hydroxylation sites is 1. The maximum atomic E-state index is 12.5. The molecule has 120 valence electrons. The zero-order valence-corrected chi connectivity index (χ0v) is 13.7. The Morgan fingerprint density at radius 1 is 1.26 bits per heavy atom. The molecule has 23 heavy (non-hydrogen) atoms. The number of fused-ring (bicyclic) bond motifs is 3. The molecule has 0 atom stereocenters. The molecule has 1 aromatic carbocycles. The first-order chi connectivity index (χ1) is 11.2. The molecular formula is C15H16N4O3S. The summed E-state index contributed by atoms with van der Waals surface area (Å²) in [7, 11) is 0. The topological polar surface area (TPSA) is 78.5 Å². The van der Waals surface area contributed by atoms with Gasteiger partial charge in [0.2, 0.25) is 5.78 Å². The zero-order chi connectivity index (χ0) is 16.4. The Bertz CT molecular complexity index is 932. The van der Waals surface area contributed by atoms with Crippen molar-refractivity contribution in [2.75, 3.05) is 12.4 Å². The van der Waals surface area contributed by atoms with Crippen molar-refractivity contribution in [1.29, 1.82) is 0 Å². The second-order valence-electron chi connectivity index (χ2n) is 4.78. The van der Waals surface area contributed by atoms with E-state index in [9.17, 15) is 9.59 Å². The summed E-state index contributed by atoms with van der Waals surface area (Å²) in [4.78, 5) is 24.1. The number of carbonyl (C=O) groups is 1. The Labute approximate surface area is 136 Å². The van der Waals surface area contributed by atoms with Crippen molar-refractivity contribution in [2.24, 2.45) is 0 Å². The van der Waals surface area contributed by atoms with Gasteiger partial charge in [-0.05, 0) is 26.0 Å². The lowest BCUT2D eigenvalue weighted by molar-refractivity contribution is -0.139. The van der Waals surface area contributed by atoms with Crippen LogP contribution in [0.4, 0.5) is 0 Å². The van der Waals surface area contributed by atoms with E-state index >= 15 is 0 Å². The Balaban J connectivity index is 2.16. The molecule has 0 amide bonds. The minimum Gasteiger partial charge on any atom is -0.465 e. The second-order valence-corrected chi connectivity index (χ2v) is 5.72. The summed E-state index contributed by atoms with van der Waals surface area (Å²) in [6.45, 7) is 4.49. The molecule has 0 aliphatic rings. The molecule has 0 aliphatic carbocycles. The summed E-state index contributed by atoms with van der Waals surface area (Å²) in [6, 6.07) is 7.31. The number of thioether (sulfide) groups is 1. The standard InChI is InChI=1S/C15H16N4O3S/c1-3-18-13(21)10-7-5-6-8-11(10)19-14(18)16-17-15(19)23-9-12(20)22-4-2/h5-8H,3-4,9H2,1-2H3. The number of aromatic nitrogens is 4. The van der Waals surface area contributed by atoms with Crippen molar-refractivity contribution >= 4 is 34.4 Å². The lowest BCUT2D eigenvalue weighted by Gasteiger charge is -2.09. The summed E-state index contributed by atoms with van der Waals surface area (Å²) in [5.41, 5.74) is 0.638. The van der Waals surface area contributed by atoms with Gasteiger partial charge in [0.1, 0.15) is 0 Å². The van der Waals surface area contributed by atoms with E-state index in [4.69, 9.17) is 4.74 Å². The van der Waals surface area contributed by atoms with Crippen molar-refractivity contribution in [3.8, 4) is 0 Å². The number of esters is 1. The van der Waals surface area contributed by atoms with Crippen molar-refractivity contribution in [2.45, 2.75) is 25.5 Å². The molecule has 3 rings (SSSR count). The molecule has 0 saturated carbocycles. The van der Waals surface area contributed by atoms with Crippen molar-refractivity contribution in [3.63, 3.8) is 0 Å². The van der Waals surface area contributed by atoms with E-state index in [1.807, 2.05) is 29.5 Å². The third kappa shape index (κ3) is 2.70. The van der Waals surface area contributed by atoms with Gasteiger partial charge in [-0.3, -0.25) is 18.6 Å². The number of ether oxygens (including phenoxy) is 1. The van der Waals surface area contributed by atoms with Gasteiger partial charge < -0.3 is 4.74 Å². The number of hydrogen-bond acceptors (Lipinski definition) is 6. The third-order valence-corrected chi connectivity index (χ3v) is 4.32. The highest BCUT2D eigenvalue weighted by Gasteiger charge is 2.16. The molecule has 7 nitrogen and oxygen atoms in total. The minimum atomic E-state index is -0.303. The van der Waals surface area contributed by atoms with Crippen LogP contribution in [0, 0.1) is 0 Å². The van der Waals surface area contributed by atoms with Gasteiger partial charge in [0, 0.05) is 6.54 Å². The summed E-state index contributed by atoms with van der Waals surface area (Å²) in [5, 5.41) is 9.42. The number of benzene rings is 1. The number of aryl methyl sites for hydroxylation is 1. The normalized spacial score (nSPS) is 11.2. The summed E-state index contributed by atoms with van der Waals surface area (Å²) < 4.78 is 8.31. The first-order valence-corrected chi connectivity index (χ1v) is 8.31. The monoisotopic (exact) mass is 332 g/mol. The Morgan fingerprint density at radius 3 is 2.78 bits per heavy atom. The van der Waals surface area contributed by atoms with E-state index in [1.54, 1.807) is 17.6 Å². The highest BCUT2D eigenvalue weighted by atomic mass is 32.2. The van der Waals surface area contributed by atoms with Crippen LogP contribution in [0.2, 0.25) is 0 Å². The molecule has 0 spiro atoms. The van der Waals surface area contributed by atoms with Crippen molar-refractivity contribution < 1.29 is 9.53 Å². The van der Waals surface area contributed by atoms with Crippen LogP contribution in [0.5, 0.6) is 0 Å². The number of hydrogen-bond donors (Lipinski definition) is 0. The molecule has 3 aromatic rings. The molecule has 2 aromatic heterocycles. The quantitative estimate of drug-likeness (QED) is 0.523. The fraction of sp³-hybridized carbons (Fsp3) is 0.333. The van der Waals surface area contributed by atoms with Crippen LogP contribution in [0.1, 0.15) is 13.8 Å². The molecule has 0 N–H and O–H groups in total. The smallest absolute Gasteiger partial charge is 0.316 e. The molecule has 2 heterocycles. The van der Waals surface area contributed by atoms with Crippen LogP contribution in [0.25, 0.3) is 16.7 Å². The van der Waals surface area contributed by atoms with Crippen LogP contribution in [0.15, 0.2) is 34.2 Å². The van der Waals surface area contributed by atoms with E-state index in [-0.39, 0.29) is 17.3 Å². The number of carbonyl (C=O) groups excluding carboxylic acids is 1. The predicted molar refractivity (Wildman–Crippen MR) is 87.8 cm³/mol. The fourth-order valence-corrected chi connectivity index (χ4v) is 3.18. The predicted octanol–water partition coefficient (Wildman–Crippen LogP) is 1.72. The first-order valence-electron chi connectivity index (χ1n) is 7.32. The van der Waals surface area contributed by atoms with E-state index in [1.165, 1.54) is 11.8 Å². The average Bonchev–Trinajstić information content (AvgIpc) is 2.98. The van der Waals surface area contributed by atoms with Crippen LogP contribution in [-0.4, -0.2) is 37.5 Å². The van der Waals surface area contributed by atoms with Gasteiger partial charge in [0.15, 0.2) is 5.16 Å². The SMILES string of the molecule is CCOC(=O)CSc1nnc2n(CC)c(=O)c3ccccc3n12. The molecule has 0 radical (unpaired) electrons. The van der Waals surface area contributed by atoms with Gasteiger partial charge >= 0.3 is 5.97 Å². The van der Waals surface area contributed by atoms with Crippen LogP contribution >= 0.6 is 11.8 Å².